The zero-order chi connectivity index (χ0) is 14.7. The van der Waals surface area contributed by atoms with E-state index in [0.29, 0.717) is 5.02 Å². The fourth-order valence-corrected chi connectivity index (χ4v) is 2.46. The van der Waals surface area contributed by atoms with Gasteiger partial charge in [0.25, 0.3) is 0 Å². The van der Waals surface area contributed by atoms with Gasteiger partial charge in [-0.1, -0.05) is 17.7 Å². The number of hydrogen-bond acceptors (Lipinski definition) is 3. The van der Waals surface area contributed by atoms with Gasteiger partial charge in [-0.05, 0) is 48.4 Å². The number of rotatable bonds is 4. The predicted octanol–water partition coefficient (Wildman–Crippen LogP) is 3.71. The molecule has 2 aromatic rings. The molecule has 2 aromatic carbocycles. The summed E-state index contributed by atoms with van der Waals surface area (Å²) < 4.78 is 10.6. The lowest BCUT2D eigenvalue weighted by atomic mass is 9.95. The Kier molecular flexibility index (Phi) is 4.53. The molecule has 1 unspecified atom stereocenters. The zero-order valence-corrected chi connectivity index (χ0v) is 12.6. The maximum atomic E-state index is 6.39. The van der Waals surface area contributed by atoms with Crippen LogP contribution in [0.3, 0.4) is 0 Å². The summed E-state index contributed by atoms with van der Waals surface area (Å²) in [4.78, 5) is 0. The molecule has 0 saturated carbocycles. The molecule has 0 aliphatic rings. The van der Waals surface area contributed by atoms with Crippen molar-refractivity contribution in [2.75, 3.05) is 14.2 Å². The first-order valence-corrected chi connectivity index (χ1v) is 6.68. The van der Waals surface area contributed by atoms with Crippen LogP contribution in [0.15, 0.2) is 36.4 Å². The van der Waals surface area contributed by atoms with Crippen LogP contribution in [0.2, 0.25) is 5.02 Å². The highest BCUT2D eigenvalue weighted by Gasteiger charge is 2.17. The van der Waals surface area contributed by atoms with Crippen LogP contribution in [0.1, 0.15) is 22.7 Å². The van der Waals surface area contributed by atoms with Crippen LogP contribution in [0.25, 0.3) is 0 Å². The molecular formula is C16H18ClNO2. The molecule has 2 rings (SSSR count). The van der Waals surface area contributed by atoms with Gasteiger partial charge in [0.2, 0.25) is 0 Å². The van der Waals surface area contributed by atoms with E-state index in [9.17, 15) is 0 Å². The molecule has 0 radical (unpaired) electrons. The van der Waals surface area contributed by atoms with E-state index in [-0.39, 0.29) is 6.04 Å². The third-order valence-corrected chi connectivity index (χ3v) is 3.57. The molecule has 0 aliphatic heterocycles. The Morgan fingerprint density at radius 1 is 1.00 bits per heavy atom. The second-order valence-corrected chi connectivity index (χ2v) is 5.02. The molecule has 0 saturated heterocycles. The molecule has 4 heteroatoms. The molecule has 0 aromatic heterocycles. The van der Waals surface area contributed by atoms with Gasteiger partial charge in [-0.2, -0.15) is 0 Å². The van der Waals surface area contributed by atoms with Crippen LogP contribution in [-0.4, -0.2) is 14.2 Å². The van der Waals surface area contributed by atoms with Crippen molar-refractivity contribution >= 4 is 11.6 Å². The largest absolute Gasteiger partial charge is 0.497 e. The molecule has 106 valence electrons. The lowest BCUT2D eigenvalue weighted by Gasteiger charge is -2.19. The van der Waals surface area contributed by atoms with Crippen LogP contribution in [0.4, 0.5) is 0 Å². The number of benzene rings is 2. The van der Waals surface area contributed by atoms with Gasteiger partial charge in [-0.3, -0.25) is 0 Å². The van der Waals surface area contributed by atoms with E-state index in [4.69, 9.17) is 26.8 Å². The maximum Gasteiger partial charge on any atom is 0.124 e. The predicted molar refractivity (Wildman–Crippen MR) is 81.8 cm³/mol. The van der Waals surface area contributed by atoms with Crippen LogP contribution in [0, 0.1) is 6.92 Å². The average molecular weight is 292 g/mol. The van der Waals surface area contributed by atoms with Crippen molar-refractivity contribution < 1.29 is 9.47 Å². The third-order valence-electron chi connectivity index (χ3n) is 3.34. The van der Waals surface area contributed by atoms with Gasteiger partial charge in [-0.15, -0.1) is 0 Å². The zero-order valence-electron chi connectivity index (χ0n) is 11.8. The van der Waals surface area contributed by atoms with Gasteiger partial charge >= 0.3 is 0 Å². The average Bonchev–Trinajstić information content (AvgIpc) is 2.46. The summed E-state index contributed by atoms with van der Waals surface area (Å²) in [5.74, 6) is 1.50. The highest BCUT2D eigenvalue weighted by molar-refractivity contribution is 6.30. The van der Waals surface area contributed by atoms with Crippen molar-refractivity contribution in [3.63, 3.8) is 0 Å². The number of aryl methyl sites for hydroxylation is 1. The Bertz CT molecular complexity index is 613. The van der Waals surface area contributed by atoms with E-state index in [1.54, 1.807) is 14.2 Å². The Labute approximate surface area is 124 Å². The van der Waals surface area contributed by atoms with Gasteiger partial charge in [0.1, 0.15) is 11.5 Å². The quantitative estimate of drug-likeness (QED) is 0.934. The maximum absolute atomic E-state index is 6.39. The molecule has 0 amide bonds. The molecular weight excluding hydrogens is 274 g/mol. The lowest BCUT2D eigenvalue weighted by Crippen LogP contribution is -2.14. The van der Waals surface area contributed by atoms with Crippen molar-refractivity contribution in [3.8, 4) is 11.5 Å². The monoisotopic (exact) mass is 291 g/mol. The summed E-state index contributed by atoms with van der Waals surface area (Å²) in [5.41, 5.74) is 9.34. The topological polar surface area (TPSA) is 44.5 Å². The highest BCUT2D eigenvalue weighted by Crippen LogP contribution is 2.33. The lowest BCUT2D eigenvalue weighted by molar-refractivity contribution is 0.397. The van der Waals surface area contributed by atoms with Crippen molar-refractivity contribution in [2.45, 2.75) is 13.0 Å². The first kappa shape index (κ1) is 14.7. The van der Waals surface area contributed by atoms with Crippen LogP contribution >= 0.6 is 11.6 Å². The Morgan fingerprint density at radius 2 is 1.75 bits per heavy atom. The van der Waals surface area contributed by atoms with Crippen molar-refractivity contribution in [2.24, 2.45) is 5.73 Å². The number of halogens is 1. The summed E-state index contributed by atoms with van der Waals surface area (Å²) in [6.07, 6.45) is 0. The molecule has 0 fully saturated rings. The van der Waals surface area contributed by atoms with Gasteiger partial charge < -0.3 is 15.2 Å². The fraction of sp³-hybridized carbons (Fsp3) is 0.250. The summed E-state index contributed by atoms with van der Waals surface area (Å²) in [6, 6.07) is 11.0. The highest BCUT2D eigenvalue weighted by atomic mass is 35.5. The summed E-state index contributed by atoms with van der Waals surface area (Å²) in [5, 5.41) is 0.705. The Morgan fingerprint density at radius 3 is 2.35 bits per heavy atom. The second kappa shape index (κ2) is 6.16. The van der Waals surface area contributed by atoms with Crippen LogP contribution in [-0.2, 0) is 0 Å². The minimum absolute atomic E-state index is 0.294. The van der Waals surface area contributed by atoms with E-state index >= 15 is 0 Å². The number of nitrogens with two attached hydrogens (primary N) is 1. The Hall–Kier alpha value is -1.71. The minimum atomic E-state index is -0.294. The number of ether oxygens (including phenoxy) is 2. The van der Waals surface area contributed by atoms with E-state index in [2.05, 4.69) is 0 Å². The Balaban J connectivity index is 2.48. The smallest absolute Gasteiger partial charge is 0.124 e. The molecule has 2 N–H and O–H groups in total. The standard InChI is InChI=1S/C16H18ClNO2/c1-10-8-11(17)4-6-13(10)16(18)14-9-12(19-2)5-7-15(14)20-3/h4-9,16H,18H2,1-3H3. The van der Waals surface area contributed by atoms with Gasteiger partial charge in [0.15, 0.2) is 0 Å². The summed E-state index contributed by atoms with van der Waals surface area (Å²) in [6.45, 7) is 1.99. The van der Waals surface area contributed by atoms with E-state index in [1.165, 1.54) is 0 Å². The SMILES string of the molecule is COc1ccc(OC)c(C(N)c2ccc(Cl)cc2C)c1. The molecule has 3 nitrogen and oxygen atoms in total. The van der Waals surface area contributed by atoms with Crippen LogP contribution in [0.5, 0.6) is 11.5 Å². The first-order valence-electron chi connectivity index (χ1n) is 6.30. The second-order valence-electron chi connectivity index (χ2n) is 4.59. The summed E-state index contributed by atoms with van der Waals surface area (Å²) >= 11 is 5.99. The van der Waals surface area contributed by atoms with Crippen molar-refractivity contribution in [1.82, 2.24) is 0 Å². The molecule has 1 atom stereocenters. The first-order chi connectivity index (χ1) is 9.56. The van der Waals surface area contributed by atoms with Crippen LogP contribution < -0.4 is 15.2 Å². The molecule has 0 bridgehead atoms. The van der Waals surface area contributed by atoms with E-state index in [0.717, 1.165) is 28.2 Å². The van der Waals surface area contributed by atoms with Gasteiger partial charge in [-0.25, -0.2) is 0 Å². The van der Waals surface area contributed by atoms with Crippen molar-refractivity contribution in [1.29, 1.82) is 0 Å². The van der Waals surface area contributed by atoms with E-state index in [1.807, 2.05) is 43.3 Å². The normalized spacial score (nSPS) is 12.1. The van der Waals surface area contributed by atoms with Gasteiger partial charge in [0.05, 0.1) is 20.3 Å². The molecule has 20 heavy (non-hydrogen) atoms. The molecule has 0 heterocycles. The molecule has 0 aliphatic carbocycles. The summed E-state index contributed by atoms with van der Waals surface area (Å²) in [7, 11) is 3.26. The fourth-order valence-electron chi connectivity index (χ4n) is 2.24. The van der Waals surface area contributed by atoms with Crippen molar-refractivity contribution in [3.05, 3.63) is 58.1 Å². The number of hydrogen-bond donors (Lipinski definition) is 1. The minimum Gasteiger partial charge on any atom is -0.497 e. The third kappa shape index (κ3) is 2.89. The molecule has 0 spiro atoms. The van der Waals surface area contributed by atoms with Gasteiger partial charge in [0, 0.05) is 10.6 Å². The number of methoxy groups -OCH3 is 2. The van der Waals surface area contributed by atoms with E-state index < -0.39 is 0 Å².